The molecule has 82 valence electrons. The SMILES string of the molecule is C.C.Cl.Cl.Cl.Cl.O=[Si]=[OH+].[H-].[Na+].[Na+].[Na+].[Na+].[OH-].[OH-]. The van der Waals surface area contributed by atoms with Crippen LogP contribution in [0.15, 0.2) is 0 Å². The minimum atomic E-state index is -1.17. The summed E-state index contributed by atoms with van der Waals surface area (Å²) in [5.41, 5.74) is 0. The predicted molar refractivity (Wildman–Crippen MR) is 55.8 cm³/mol. The summed E-state index contributed by atoms with van der Waals surface area (Å²) in [6.45, 7) is 0. The first-order chi connectivity index (χ1) is 1.41. The topological polar surface area (TPSA) is 98.5 Å². The zero-order valence-corrected chi connectivity index (χ0v) is 20.1. The van der Waals surface area contributed by atoms with E-state index in [-0.39, 0.29) is 195 Å². The Balaban J connectivity index is -0.000000000256. The maximum Gasteiger partial charge on any atom is 1.00 e. The third-order valence-electron chi connectivity index (χ3n) is 0. The predicted octanol–water partition coefficient (Wildman–Crippen LogP) is -9.94. The van der Waals surface area contributed by atoms with Crippen LogP contribution in [0.3, 0.4) is 0 Å². The van der Waals surface area contributed by atoms with E-state index in [1.54, 1.807) is 0 Å². The molecule has 0 atom stereocenters. The Morgan fingerprint density at radius 1 is 0.733 bits per heavy atom. The second-order valence-corrected chi connectivity index (χ2v) is 0.274. The van der Waals surface area contributed by atoms with Crippen LogP contribution in [0.4, 0.5) is 0 Å². The number of rotatable bonds is 0. The van der Waals surface area contributed by atoms with Crippen molar-refractivity contribution in [3.63, 3.8) is 0 Å². The molecule has 0 saturated carbocycles. The van der Waals surface area contributed by atoms with Gasteiger partial charge in [0.2, 0.25) is 0 Å². The molecule has 0 rings (SSSR count). The number of hydrogen-bond donors (Lipinski definition) is 0. The van der Waals surface area contributed by atoms with Crippen molar-refractivity contribution in [1.29, 1.82) is 0 Å². The van der Waals surface area contributed by atoms with Crippen LogP contribution in [0, 0.1) is 0 Å². The molecular formula is C2H16Cl4Na4O4Si+2. The van der Waals surface area contributed by atoms with Gasteiger partial charge in [-0.15, -0.1) is 49.6 Å². The fourth-order valence-electron chi connectivity index (χ4n) is 0. The normalized spacial score (nSPS) is 0.533. The second kappa shape index (κ2) is 174. The van der Waals surface area contributed by atoms with Gasteiger partial charge in [0.1, 0.15) is 0 Å². The van der Waals surface area contributed by atoms with Crippen LogP contribution in [-0.2, 0) is 4.46 Å². The molecule has 0 unspecified atom stereocenters. The first kappa shape index (κ1) is 149. The molecular weight excluding hydrogens is 350 g/mol. The van der Waals surface area contributed by atoms with Gasteiger partial charge in [0.25, 0.3) is 0 Å². The molecule has 13 heteroatoms. The molecule has 0 aliphatic heterocycles. The average molecular weight is 366 g/mol. The van der Waals surface area contributed by atoms with Gasteiger partial charge in [0, 0.05) is 0 Å². The average Bonchev–Trinajstić information content (AvgIpc) is 0.918. The molecule has 0 heterocycles. The van der Waals surface area contributed by atoms with E-state index in [2.05, 4.69) is 0 Å². The molecule has 0 radical (unpaired) electrons. The monoisotopic (exact) mass is 364 g/mol. The fraction of sp³-hybridized carbons (Fsp3) is 1.00. The third-order valence-corrected chi connectivity index (χ3v) is 0. The maximum absolute atomic E-state index is 8.51. The molecule has 0 amide bonds. The Labute approximate surface area is 209 Å². The summed E-state index contributed by atoms with van der Waals surface area (Å²) in [5, 5.41) is 0. The van der Waals surface area contributed by atoms with Gasteiger partial charge in [-0.1, -0.05) is 14.9 Å². The summed E-state index contributed by atoms with van der Waals surface area (Å²) in [6, 6.07) is 0. The molecule has 0 bridgehead atoms. The molecule has 4 nitrogen and oxygen atoms in total. The van der Waals surface area contributed by atoms with E-state index in [9.17, 15) is 0 Å². The van der Waals surface area contributed by atoms with Gasteiger partial charge in [-0.3, -0.25) is 0 Å². The first-order valence-electron chi connectivity index (χ1n) is 0.428. The fourth-order valence-corrected chi connectivity index (χ4v) is 0. The molecule has 3 N–H and O–H groups in total. The van der Waals surface area contributed by atoms with Gasteiger partial charge >= 0.3 is 128 Å². The van der Waals surface area contributed by atoms with Gasteiger partial charge in [0.15, 0.2) is 0 Å². The van der Waals surface area contributed by atoms with Crippen molar-refractivity contribution in [3.8, 4) is 0 Å². The Morgan fingerprint density at radius 2 is 0.733 bits per heavy atom. The molecule has 0 fully saturated rings. The van der Waals surface area contributed by atoms with Crippen molar-refractivity contribution in [2.24, 2.45) is 0 Å². The smallest absolute Gasteiger partial charge is 1.00 e. The van der Waals surface area contributed by atoms with Crippen molar-refractivity contribution >= 4 is 58.9 Å². The van der Waals surface area contributed by atoms with E-state index >= 15 is 0 Å². The molecule has 15 heavy (non-hydrogen) atoms. The summed E-state index contributed by atoms with van der Waals surface area (Å²) in [7, 11) is -1.17. The van der Waals surface area contributed by atoms with Crippen LogP contribution in [0.2, 0.25) is 0 Å². The van der Waals surface area contributed by atoms with Crippen molar-refractivity contribution in [2.45, 2.75) is 14.9 Å². The molecule has 0 aromatic rings. The zero-order valence-electron chi connectivity index (χ0n) is 8.88. The number of hydrogen-bond acceptors (Lipinski definition) is 3. The molecule has 0 aliphatic carbocycles. The van der Waals surface area contributed by atoms with E-state index in [0.29, 0.717) is 0 Å². The van der Waals surface area contributed by atoms with Crippen LogP contribution in [0.25, 0.3) is 0 Å². The van der Waals surface area contributed by atoms with E-state index < -0.39 is 9.29 Å². The summed E-state index contributed by atoms with van der Waals surface area (Å²) in [6.07, 6.45) is 0. The van der Waals surface area contributed by atoms with Crippen molar-refractivity contribution in [3.05, 3.63) is 0 Å². The van der Waals surface area contributed by atoms with Crippen LogP contribution in [0.1, 0.15) is 16.3 Å². The van der Waals surface area contributed by atoms with Gasteiger partial charge in [-0.25, -0.2) is 0 Å². The van der Waals surface area contributed by atoms with Crippen molar-refractivity contribution in [1.82, 2.24) is 0 Å². The van der Waals surface area contributed by atoms with Gasteiger partial charge < -0.3 is 16.8 Å². The van der Waals surface area contributed by atoms with E-state index in [1.165, 1.54) is 0 Å². The minimum absolute atomic E-state index is 0. The maximum atomic E-state index is 8.51. The summed E-state index contributed by atoms with van der Waals surface area (Å²) < 4.78 is 15.6. The third kappa shape index (κ3) is 225. The zero-order chi connectivity index (χ0) is 2.71. The van der Waals surface area contributed by atoms with E-state index in [4.69, 9.17) is 8.92 Å². The standard InChI is InChI=1S/2CH4.4ClH.4Na.O2Si.2H2O.H/c;;;;;;;;;;1-3-2;;;/h2*1H4;4*1H;;;;;;2*1H2;/q;;;;;;4*+1;;;;-1/p-1. The number of halogens is 4. The summed E-state index contributed by atoms with van der Waals surface area (Å²) in [5.74, 6) is 0. The van der Waals surface area contributed by atoms with Crippen LogP contribution in [-0.4, -0.2) is 24.7 Å². The molecule has 0 aromatic heterocycles. The van der Waals surface area contributed by atoms with Gasteiger partial charge in [0.05, 0.1) is 0 Å². The van der Waals surface area contributed by atoms with Crippen molar-refractivity contribution < 1.29 is 140 Å². The van der Waals surface area contributed by atoms with E-state index in [0.717, 1.165) is 0 Å². The van der Waals surface area contributed by atoms with Gasteiger partial charge in [-0.2, -0.15) is 0 Å². The largest absolute Gasteiger partial charge is 1.00 e. The Morgan fingerprint density at radius 3 is 0.733 bits per heavy atom. The minimum Gasteiger partial charge on any atom is -1.00 e. The van der Waals surface area contributed by atoms with Gasteiger partial charge in [-0.05, 0) is 4.46 Å². The summed E-state index contributed by atoms with van der Waals surface area (Å²) in [4.78, 5) is 0. The van der Waals surface area contributed by atoms with Crippen LogP contribution >= 0.6 is 49.6 Å². The Hall–Kier alpha value is 4.90. The molecule has 0 aromatic carbocycles. The molecule has 0 saturated heterocycles. The van der Waals surface area contributed by atoms with E-state index in [1.807, 2.05) is 0 Å². The van der Waals surface area contributed by atoms with Crippen molar-refractivity contribution in [2.75, 3.05) is 0 Å². The summed E-state index contributed by atoms with van der Waals surface area (Å²) >= 11 is 0. The Bertz CT molecular complexity index is 59.0. The second-order valence-electron chi connectivity index (χ2n) is 0.0913. The van der Waals surface area contributed by atoms with Crippen LogP contribution < -0.4 is 118 Å². The molecule has 0 aliphatic rings. The quantitative estimate of drug-likeness (QED) is 0.315. The van der Waals surface area contributed by atoms with Crippen LogP contribution in [0.5, 0.6) is 0 Å². The molecule has 0 spiro atoms. The Kier molecular flexibility index (Phi) is 1730. The first-order valence-corrected chi connectivity index (χ1v) is 1.28.